The Balaban J connectivity index is 0.00000306. The average molecular weight is 462 g/mol. The van der Waals surface area contributed by atoms with E-state index >= 15 is 0 Å². The molecular formula is C23H36BFN4O4. The van der Waals surface area contributed by atoms with Crippen molar-refractivity contribution in [2.75, 3.05) is 17.7 Å². The average Bonchev–Trinajstić information content (AvgIpc) is 3.00. The van der Waals surface area contributed by atoms with E-state index in [1.165, 1.54) is 7.11 Å². The van der Waals surface area contributed by atoms with Gasteiger partial charge in [-0.3, -0.25) is 0 Å². The van der Waals surface area contributed by atoms with Crippen LogP contribution in [-0.2, 0) is 14.0 Å². The van der Waals surface area contributed by atoms with Crippen LogP contribution in [0.4, 0.5) is 21.8 Å². The van der Waals surface area contributed by atoms with Crippen LogP contribution in [0.2, 0.25) is 0 Å². The van der Waals surface area contributed by atoms with Crippen molar-refractivity contribution < 1.29 is 26.1 Å². The second-order valence-electron chi connectivity index (χ2n) is 9.05. The number of benzene rings is 1. The van der Waals surface area contributed by atoms with Gasteiger partial charge in [0.25, 0.3) is 0 Å². The second kappa shape index (κ2) is 9.65. The molecule has 1 aromatic heterocycles. The first kappa shape index (κ1) is 24.9. The zero-order valence-electron chi connectivity index (χ0n) is 20.3. The smallest absolute Gasteiger partial charge is 0.465 e. The van der Waals surface area contributed by atoms with E-state index in [0.29, 0.717) is 16.7 Å². The summed E-state index contributed by atoms with van der Waals surface area (Å²) < 4.78 is 31.4. The number of carbonyl (C=O) groups is 1. The molecule has 3 rings (SSSR count). The highest BCUT2D eigenvalue weighted by atomic mass is 19.1. The minimum absolute atomic E-state index is 0. The number of carbonyl (C=O) groups excluding carboxylic acids is 1. The van der Waals surface area contributed by atoms with Gasteiger partial charge in [-0.2, -0.15) is 4.98 Å². The first-order valence-corrected chi connectivity index (χ1v) is 11.1. The molecule has 0 unspecified atom stereocenters. The Morgan fingerprint density at radius 1 is 1.21 bits per heavy atom. The van der Waals surface area contributed by atoms with E-state index < -0.39 is 30.1 Å². The highest BCUT2D eigenvalue weighted by Gasteiger charge is 2.52. The highest BCUT2D eigenvalue weighted by Crippen LogP contribution is 2.37. The highest BCUT2D eigenvalue weighted by molar-refractivity contribution is 6.63. The van der Waals surface area contributed by atoms with Crippen molar-refractivity contribution in [3.63, 3.8) is 0 Å². The molecular weight excluding hydrogens is 426 g/mol. The fraction of sp³-hybridized carbons (Fsp3) is 0.522. The van der Waals surface area contributed by atoms with Gasteiger partial charge in [-0.25, -0.2) is 14.2 Å². The first-order valence-electron chi connectivity index (χ1n) is 11.1. The summed E-state index contributed by atoms with van der Waals surface area (Å²) in [5, 5.41) is 6.13. The van der Waals surface area contributed by atoms with E-state index in [2.05, 4.69) is 20.6 Å². The van der Waals surface area contributed by atoms with Crippen LogP contribution in [0, 0.1) is 5.82 Å². The molecule has 2 N–H and O–H groups in total. The third-order valence-electron chi connectivity index (χ3n) is 6.29. The van der Waals surface area contributed by atoms with Crippen LogP contribution in [0.5, 0.6) is 0 Å². The molecule has 182 valence electrons. The summed E-state index contributed by atoms with van der Waals surface area (Å²) in [6, 6.07) is 5.22. The standard InChI is InChI=1S/C23H32BFN4O4.2H2/c1-8-14(9-2)27-19-18(25)13-26-21(29-19)28-15-10-11-17(16(12-15)20(30)31-7)24-32-22(3,4)23(5,6)33-24;;/h10-14H,8-9H2,1-7H3,(H2,26,27,28,29);2*1H. The molecule has 1 aliphatic rings. The monoisotopic (exact) mass is 462 g/mol. The Bertz CT molecular complexity index is 1010. The first-order chi connectivity index (χ1) is 15.5. The van der Waals surface area contributed by atoms with Gasteiger partial charge in [-0.05, 0) is 58.1 Å². The molecule has 2 heterocycles. The van der Waals surface area contributed by atoms with Crippen LogP contribution in [0.1, 0.15) is 67.6 Å². The Hall–Kier alpha value is -2.72. The van der Waals surface area contributed by atoms with E-state index in [4.69, 9.17) is 14.0 Å². The molecule has 1 fully saturated rings. The van der Waals surface area contributed by atoms with Crippen LogP contribution in [0.15, 0.2) is 24.4 Å². The summed E-state index contributed by atoms with van der Waals surface area (Å²) >= 11 is 0. The minimum atomic E-state index is -0.726. The van der Waals surface area contributed by atoms with Crippen LogP contribution >= 0.6 is 0 Å². The van der Waals surface area contributed by atoms with Crippen LogP contribution in [-0.4, -0.2) is 47.4 Å². The number of anilines is 3. The van der Waals surface area contributed by atoms with E-state index in [-0.39, 0.29) is 20.7 Å². The fourth-order valence-electron chi connectivity index (χ4n) is 3.44. The fourth-order valence-corrected chi connectivity index (χ4v) is 3.44. The number of rotatable bonds is 8. The lowest BCUT2D eigenvalue weighted by Gasteiger charge is -2.32. The zero-order valence-corrected chi connectivity index (χ0v) is 20.3. The van der Waals surface area contributed by atoms with Crippen molar-refractivity contribution >= 4 is 36.0 Å². The molecule has 1 aliphatic heterocycles. The van der Waals surface area contributed by atoms with Gasteiger partial charge in [0.1, 0.15) is 0 Å². The van der Waals surface area contributed by atoms with Crippen molar-refractivity contribution in [3.05, 3.63) is 35.8 Å². The van der Waals surface area contributed by atoms with E-state index in [1.807, 2.05) is 41.5 Å². The predicted octanol–water partition coefficient (Wildman–Crippen LogP) is 4.54. The third kappa shape index (κ3) is 5.28. The lowest BCUT2D eigenvalue weighted by molar-refractivity contribution is 0.00578. The number of hydrogen-bond acceptors (Lipinski definition) is 8. The molecule has 2 aromatic rings. The lowest BCUT2D eigenvalue weighted by Crippen LogP contribution is -2.41. The summed E-state index contributed by atoms with van der Waals surface area (Å²) in [5.74, 6) is -0.731. The summed E-state index contributed by atoms with van der Waals surface area (Å²) in [4.78, 5) is 20.8. The molecule has 0 atom stereocenters. The maximum atomic E-state index is 14.2. The second-order valence-corrected chi connectivity index (χ2v) is 9.05. The Morgan fingerprint density at radius 3 is 2.42 bits per heavy atom. The molecule has 0 spiro atoms. The van der Waals surface area contributed by atoms with Gasteiger partial charge in [-0.1, -0.05) is 19.9 Å². The van der Waals surface area contributed by atoms with Gasteiger partial charge < -0.3 is 24.7 Å². The normalized spacial score (nSPS) is 16.7. The SMILES string of the molecule is CCC(CC)Nc1nc(Nc2ccc(B3OC(C)(C)C(C)(C)O3)c(C(=O)OC)c2)ncc1F.[HH].[HH]. The van der Waals surface area contributed by atoms with Crippen molar-refractivity contribution in [1.82, 2.24) is 9.97 Å². The van der Waals surface area contributed by atoms with E-state index in [0.717, 1.165) is 19.0 Å². The number of aromatic nitrogens is 2. The van der Waals surface area contributed by atoms with Gasteiger partial charge in [0.15, 0.2) is 11.6 Å². The van der Waals surface area contributed by atoms with Crippen LogP contribution in [0.3, 0.4) is 0 Å². The largest absolute Gasteiger partial charge is 0.495 e. The maximum Gasteiger partial charge on any atom is 0.495 e. The molecule has 33 heavy (non-hydrogen) atoms. The number of hydrogen-bond donors (Lipinski definition) is 2. The molecule has 10 heteroatoms. The van der Waals surface area contributed by atoms with Gasteiger partial charge in [0.2, 0.25) is 5.95 Å². The van der Waals surface area contributed by atoms with Crippen molar-refractivity contribution in [2.45, 2.75) is 71.6 Å². The van der Waals surface area contributed by atoms with Crippen molar-refractivity contribution in [3.8, 4) is 0 Å². The summed E-state index contributed by atoms with van der Waals surface area (Å²) in [6.45, 7) is 11.8. The lowest BCUT2D eigenvalue weighted by atomic mass is 9.75. The quantitative estimate of drug-likeness (QED) is 0.436. The third-order valence-corrected chi connectivity index (χ3v) is 6.29. The molecule has 0 bridgehead atoms. The molecule has 0 amide bonds. The molecule has 1 aromatic carbocycles. The zero-order chi connectivity index (χ0) is 24.4. The topological polar surface area (TPSA) is 94.6 Å². The Labute approximate surface area is 197 Å². The number of nitrogens with zero attached hydrogens (tertiary/aromatic N) is 2. The summed E-state index contributed by atoms with van der Waals surface area (Å²) in [7, 11) is 0.589. The number of methoxy groups -OCH3 is 1. The van der Waals surface area contributed by atoms with Gasteiger partial charge in [-0.15, -0.1) is 0 Å². The van der Waals surface area contributed by atoms with E-state index in [9.17, 15) is 9.18 Å². The van der Waals surface area contributed by atoms with Crippen LogP contribution < -0.4 is 16.1 Å². The number of esters is 1. The van der Waals surface area contributed by atoms with E-state index in [1.54, 1.807) is 18.2 Å². The van der Waals surface area contributed by atoms with Crippen molar-refractivity contribution in [1.29, 1.82) is 0 Å². The molecule has 0 aliphatic carbocycles. The Kier molecular flexibility index (Phi) is 7.28. The molecule has 0 radical (unpaired) electrons. The summed E-state index contributed by atoms with van der Waals surface area (Å²) in [6.07, 6.45) is 2.79. The summed E-state index contributed by atoms with van der Waals surface area (Å²) in [5.41, 5.74) is 0.279. The Morgan fingerprint density at radius 2 is 1.85 bits per heavy atom. The number of nitrogens with one attached hydrogen (secondary N) is 2. The molecule has 1 saturated heterocycles. The van der Waals surface area contributed by atoms with Crippen LogP contribution in [0.25, 0.3) is 0 Å². The minimum Gasteiger partial charge on any atom is -0.465 e. The van der Waals surface area contributed by atoms with Crippen molar-refractivity contribution in [2.24, 2.45) is 0 Å². The predicted molar refractivity (Wildman–Crippen MR) is 131 cm³/mol. The van der Waals surface area contributed by atoms with Gasteiger partial charge >= 0.3 is 13.1 Å². The molecule has 0 saturated carbocycles. The number of halogens is 1. The van der Waals surface area contributed by atoms with Gasteiger partial charge in [0, 0.05) is 14.6 Å². The van der Waals surface area contributed by atoms with Gasteiger partial charge in [0.05, 0.1) is 30.1 Å². The molecule has 8 nitrogen and oxygen atoms in total. The number of ether oxygens (including phenoxy) is 1. The maximum absolute atomic E-state index is 14.2.